The van der Waals surface area contributed by atoms with Crippen molar-refractivity contribution in [3.8, 4) is 11.3 Å². The summed E-state index contributed by atoms with van der Waals surface area (Å²) in [4.78, 5) is 28.0. The van der Waals surface area contributed by atoms with E-state index in [4.69, 9.17) is 4.42 Å². The molecule has 144 valence electrons. The maximum Gasteiger partial charge on any atom is 0.243 e. The number of nitrogens with zero attached hydrogens (tertiary/aromatic N) is 1. The highest BCUT2D eigenvalue weighted by Gasteiger charge is 2.11. The number of nitrogens with one attached hydrogen (secondary N) is 2. The fourth-order valence-corrected chi connectivity index (χ4v) is 2.80. The lowest BCUT2D eigenvalue weighted by molar-refractivity contribution is -0.124. The average molecular weight is 446 g/mol. The Morgan fingerprint density at radius 3 is 2.57 bits per heavy atom. The van der Waals surface area contributed by atoms with Crippen molar-refractivity contribution in [2.75, 3.05) is 11.9 Å². The molecule has 0 spiro atoms. The van der Waals surface area contributed by atoms with Gasteiger partial charge in [0, 0.05) is 22.9 Å². The molecular weight excluding hydrogens is 429 g/mol. The number of hydrogen-bond acceptors (Lipinski definition) is 4. The second-order valence-corrected chi connectivity index (χ2v) is 6.78. The largest absolute Gasteiger partial charge is 0.441 e. The quantitative estimate of drug-likeness (QED) is 0.576. The zero-order valence-electron chi connectivity index (χ0n) is 14.7. The van der Waals surface area contributed by atoms with Crippen molar-refractivity contribution in [2.45, 2.75) is 12.8 Å². The van der Waals surface area contributed by atoms with Crippen LogP contribution in [0.15, 0.2) is 63.6 Å². The van der Waals surface area contributed by atoms with E-state index in [-0.39, 0.29) is 30.6 Å². The maximum absolute atomic E-state index is 13.0. The van der Waals surface area contributed by atoms with E-state index in [9.17, 15) is 14.0 Å². The van der Waals surface area contributed by atoms with Crippen LogP contribution in [-0.4, -0.2) is 23.3 Å². The van der Waals surface area contributed by atoms with Crippen molar-refractivity contribution in [3.05, 3.63) is 70.9 Å². The van der Waals surface area contributed by atoms with Crippen molar-refractivity contribution >= 4 is 33.4 Å². The van der Waals surface area contributed by atoms with Crippen LogP contribution < -0.4 is 10.6 Å². The van der Waals surface area contributed by atoms with E-state index in [2.05, 4.69) is 31.5 Å². The molecule has 0 saturated heterocycles. The molecule has 28 heavy (non-hydrogen) atoms. The molecule has 0 unspecified atom stereocenters. The molecule has 0 bridgehead atoms. The van der Waals surface area contributed by atoms with Gasteiger partial charge in [-0.3, -0.25) is 9.59 Å². The van der Waals surface area contributed by atoms with Crippen molar-refractivity contribution in [1.29, 1.82) is 0 Å². The summed E-state index contributed by atoms with van der Waals surface area (Å²) in [6, 6.07) is 13.1. The third-order valence-electron chi connectivity index (χ3n) is 3.84. The van der Waals surface area contributed by atoms with Crippen LogP contribution in [0.25, 0.3) is 11.3 Å². The first-order valence-corrected chi connectivity index (χ1v) is 9.32. The lowest BCUT2D eigenvalue weighted by Crippen LogP contribution is -2.33. The van der Waals surface area contributed by atoms with Crippen molar-refractivity contribution in [3.63, 3.8) is 0 Å². The molecule has 0 aliphatic rings. The molecular formula is C20H17BrFN3O3. The molecule has 0 atom stereocenters. The molecule has 2 amide bonds. The van der Waals surface area contributed by atoms with Crippen molar-refractivity contribution in [1.82, 2.24) is 10.3 Å². The number of rotatable bonds is 7. The van der Waals surface area contributed by atoms with E-state index in [0.29, 0.717) is 29.3 Å². The number of halogens is 2. The molecule has 0 aliphatic heterocycles. The van der Waals surface area contributed by atoms with Gasteiger partial charge in [0.2, 0.25) is 11.8 Å². The Balaban J connectivity index is 1.44. The number of aromatic nitrogens is 1. The van der Waals surface area contributed by atoms with Gasteiger partial charge < -0.3 is 15.1 Å². The summed E-state index contributed by atoms with van der Waals surface area (Å²) in [5.74, 6) is -0.0436. The standard InChI is InChI=1S/C20H17BrFN3O3/c21-15-3-1-2-4-16(15)25-19(27)12-23-18(26)9-10-20-24-11-17(28-20)13-5-7-14(22)8-6-13/h1-8,11H,9-10,12H2,(H,23,26)(H,25,27). The summed E-state index contributed by atoms with van der Waals surface area (Å²) >= 11 is 3.34. The van der Waals surface area contributed by atoms with Crippen molar-refractivity contribution in [2.24, 2.45) is 0 Å². The number of carbonyl (C=O) groups excluding carboxylic acids is 2. The molecule has 0 aliphatic carbocycles. The number of para-hydroxylation sites is 1. The van der Waals surface area contributed by atoms with Gasteiger partial charge in [0.05, 0.1) is 18.4 Å². The Hall–Kier alpha value is -3.00. The third-order valence-corrected chi connectivity index (χ3v) is 4.53. The summed E-state index contributed by atoms with van der Waals surface area (Å²) in [5, 5.41) is 5.27. The van der Waals surface area contributed by atoms with Crippen LogP contribution in [0, 0.1) is 5.82 Å². The predicted molar refractivity (Wildman–Crippen MR) is 106 cm³/mol. The monoisotopic (exact) mass is 445 g/mol. The molecule has 0 radical (unpaired) electrons. The van der Waals surface area contributed by atoms with Gasteiger partial charge in [-0.15, -0.1) is 0 Å². The fraction of sp³-hybridized carbons (Fsp3) is 0.150. The number of carbonyl (C=O) groups is 2. The highest BCUT2D eigenvalue weighted by molar-refractivity contribution is 9.10. The van der Waals surface area contributed by atoms with Gasteiger partial charge >= 0.3 is 0 Å². The summed E-state index contributed by atoms with van der Waals surface area (Å²) in [6.45, 7) is -0.132. The van der Waals surface area contributed by atoms with E-state index in [1.54, 1.807) is 24.3 Å². The number of aryl methyl sites for hydroxylation is 1. The Morgan fingerprint density at radius 2 is 1.82 bits per heavy atom. The zero-order valence-corrected chi connectivity index (χ0v) is 16.3. The van der Waals surface area contributed by atoms with E-state index in [1.165, 1.54) is 18.3 Å². The molecule has 2 aromatic carbocycles. The van der Waals surface area contributed by atoms with Crippen LogP contribution in [0.2, 0.25) is 0 Å². The van der Waals surface area contributed by atoms with Gasteiger partial charge in [0.15, 0.2) is 11.7 Å². The Kier molecular flexibility index (Phi) is 6.54. The average Bonchev–Trinajstić information content (AvgIpc) is 3.16. The normalized spacial score (nSPS) is 10.5. The van der Waals surface area contributed by atoms with Gasteiger partial charge in [-0.2, -0.15) is 0 Å². The SMILES string of the molecule is O=C(CCc1ncc(-c2ccc(F)cc2)o1)NCC(=O)Nc1ccccc1Br. The number of oxazole rings is 1. The first kappa shape index (κ1) is 19.8. The molecule has 1 aromatic heterocycles. The van der Waals surface area contributed by atoms with Gasteiger partial charge in [0.25, 0.3) is 0 Å². The van der Waals surface area contributed by atoms with E-state index in [0.717, 1.165) is 4.47 Å². The van der Waals surface area contributed by atoms with Gasteiger partial charge in [-0.25, -0.2) is 9.37 Å². The van der Waals surface area contributed by atoms with Crippen LogP contribution in [0.1, 0.15) is 12.3 Å². The first-order valence-electron chi connectivity index (χ1n) is 8.53. The van der Waals surface area contributed by atoms with Crippen LogP contribution in [0.4, 0.5) is 10.1 Å². The van der Waals surface area contributed by atoms with E-state index < -0.39 is 0 Å². The molecule has 2 N–H and O–H groups in total. The minimum Gasteiger partial charge on any atom is -0.441 e. The molecule has 3 rings (SSSR count). The lowest BCUT2D eigenvalue weighted by Gasteiger charge is -2.08. The summed E-state index contributed by atoms with van der Waals surface area (Å²) in [7, 11) is 0. The summed E-state index contributed by atoms with van der Waals surface area (Å²) in [6.07, 6.45) is 1.95. The minimum atomic E-state index is -0.330. The molecule has 0 fully saturated rings. The summed E-state index contributed by atoms with van der Waals surface area (Å²) in [5.41, 5.74) is 1.34. The number of benzene rings is 2. The zero-order chi connectivity index (χ0) is 19.9. The number of anilines is 1. The predicted octanol–water partition coefficient (Wildman–Crippen LogP) is 3.93. The van der Waals surface area contributed by atoms with Crippen LogP contribution >= 0.6 is 15.9 Å². The maximum atomic E-state index is 13.0. The highest BCUT2D eigenvalue weighted by Crippen LogP contribution is 2.22. The van der Waals surface area contributed by atoms with Crippen LogP contribution in [0.3, 0.4) is 0 Å². The topological polar surface area (TPSA) is 84.2 Å². The number of hydrogen-bond donors (Lipinski definition) is 2. The van der Waals surface area contributed by atoms with E-state index >= 15 is 0 Å². The number of amides is 2. The third kappa shape index (κ3) is 5.50. The van der Waals surface area contributed by atoms with Gasteiger partial charge in [-0.05, 0) is 52.3 Å². The fourth-order valence-electron chi connectivity index (χ4n) is 2.42. The molecule has 3 aromatic rings. The minimum absolute atomic E-state index is 0.131. The Labute approximate surface area is 169 Å². The molecule has 8 heteroatoms. The Bertz CT molecular complexity index is 973. The van der Waals surface area contributed by atoms with Crippen molar-refractivity contribution < 1.29 is 18.4 Å². The van der Waals surface area contributed by atoms with Gasteiger partial charge in [0.1, 0.15) is 5.82 Å². The van der Waals surface area contributed by atoms with E-state index in [1.807, 2.05) is 12.1 Å². The lowest BCUT2D eigenvalue weighted by atomic mass is 10.2. The van der Waals surface area contributed by atoms with Crippen LogP contribution in [0.5, 0.6) is 0 Å². The van der Waals surface area contributed by atoms with Gasteiger partial charge in [-0.1, -0.05) is 12.1 Å². The first-order chi connectivity index (χ1) is 13.5. The molecule has 6 nitrogen and oxygen atoms in total. The van der Waals surface area contributed by atoms with Crippen LogP contribution in [-0.2, 0) is 16.0 Å². The highest BCUT2D eigenvalue weighted by atomic mass is 79.9. The smallest absolute Gasteiger partial charge is 0.243 e. The second kappa shape index (κ2) is 9.27. The second-order valence-electron chi connectivity index (χ2n) is 5.93. The Morgan fingerprint density at radius 1 is 1.07 bits per heavy atom. The molecule has 1 heterocycles. The molecule has 0 saturated carbocycles. The summed E-state index contributed by atoms with van der Waals surface area (Å²) < 4.78 is 19.3.